The van der Waals surface area contributed by atoms with Gasteiger partial charge in [-0.3, -0.25) is 0 Å². The Bertz CT molecular complexity index is 1140. The Kier molecular flexibility index (Phi) is 5.98. The molecule has 0 saturated carbocycles. The summed E-state index contributed by atoms with van der Waals surface area (Å²) in [6, 6.07) is 11.4. The standard InChI is InChI=1S/C23H24N4O5/c1-30-18-9-5-8-16(21(18)31-2)20-19-17(24-13-25-19)10-11-27(20)23(29)26-15-7-4-6-14(12-15)22(28)32-3/h4-9,12-13,20H,10-11H2,1-3H3,(H,24,25)(H,26,29). The molecule has 4 rings (SSSR count). The second-order valence-corrected chi connectivity index (χ2v) is 7.20. The third-order valence-corrected chi connectivity index (χ3v) is 5.45. The number of para-hydroxylation sites is 1. The van der Waals surface area contributed by atoms with E-state index < -0.39 is 12.0 Å². The summed E-state index contributed by atoms with van der Waals surface area (Å²) in [4.78, 5) is 34.6. The van der Waals surface area contributed by atoms with Gasteiger partial charge in [-0.15, -0.1) is 0 Å². The van der Waals surface area contributed by atoms with Crippen LogP contribution in [0, 0.1) is 0 Å². The molecular formula is C23H24N4O5. The maximum absolute atomic E-state index is 13.4. The van der Waals surface area contributed by atoms with Crippen molar-refractivity contribution in [2.24, 2.45) is 0 Å². The minimum absolute atomic E-state index is 0.324. The largest absolute Gasteiger partial charge is 0.493 e. The number of urea groups is 1. The van der Waals surface area contributed by atoms with Gasteiger partial charge >= 0.3 is 12.0 Å². The number of aromatic nitrogens is 2. The molecule has 0 saturated heterocycles. The van der Waals surface area contributed by atoms with E-state index >= 15 is 0 Å². The van der Waals surface area contributed by atoms with Gasteiger partial charge in [-0.1, -0.05) is 18.2 Å². The number of amides is 2. The number of fused-ring (bicyclic) bond motifs is 1. The Balaban J connectivity index is 1.71. The summed E-state index contributed by atoms with van der Waals surface area (Å²) < 4.78 is 15.9. The van der Waals surface area contributed by atoms with Crippen LogP contribution >= 0.6 is 0 Å². The molecule has 2 aromatic carbocycles. The second-order valence-electron chi connectivity index (χ2n) is 7.20. The van der Waals surface area contributed by atoms with Crippen molar-refractivity contribution in [2.75, 3.05) is 33.2 Å². The first-order valence-corrected chi connectivity index (χ1v) is 10.1. The highest BCUT2D eigenvalue weighted by Gasteiger charge is 2.36. The van der Waals surface area contributed by atoms with Crippen molar-refractivity contribution < 1.29 is 23.8 Å². The fourth-order valence-corrected chi connectivity index (χ4v) is 3.97. The van der Waals surface area contributed by atoms with Crippen molar-refractivity contribution in [3.05, 3.63) is 71.3 Å². The third kappa shape index (κ3) is 3.84. The first kappa shape index (κ1) is 21.2. The number of hydrogen-bond donors (Lipinski definition) is 2. The number of benzene rings is 2. The van der Waals surface area contributed by atoms with Crippen molar-refractivity contribution in [3.63, 3.8) is 0 Å². The number of esters is 1. The molecule has 3 aromatic rings. The predicted octanol–water partition coefficient (Wildman–Crippen LogP) is 3.39. The van der Waals surface area contributed by atoms with Gasteiger partial charge < -0.3 is 29.4 Å². The first-order valence-electron chi connectivity index (χ1n) is 10.1. The van der Waals surface area contributed by atoms with Crippen LogP contribution in [0.1, 0.15) is 33.4 Å². The molecule has 9 nitrogen and oxygen atoms in total. The molecule has 1 aliphatic rings. The minimum Gasteiger partial charge on any atom is -0.493 e. The number of aromatic amines is 1. The van der Waals surface area contributed by atoms with Crippen LogP contribution in [-0.4, -0.2) is 54.7 Å². The highest BCUT2D eigenvalue weighted by atomic mass is 16.5. The summed E-state index contributed by atoms with van der Waals surface area (Å²) in [5, 5.41) is 2.89. The van der Waals surface area contributed by atoms with Crippen LogP contribution in [0.5, 0.6) is 11.5 Å². The van der Waals surface area contributed by atoms with Crippen molar-refractivity contribution in [1.82, 2.24) is 14.9 Å². The molecule has 2 N–H and O–H groups in total. The molecule has 2 heterocycles. The van der Waals surface area contributed by atoms with Gasteiger partial charge in [0.15, 0.2) is 11.5 Å². The van der Waals surface area contributed by atoms with Crippen LogP contribution in [0.15, 0.2) is 48.8 Å². The predicted molar refractivity (Wildman–Crippen MR) is 117 cm³/mol. The summed E-state index contributed by atoms with van der Waals surface area (Å²) in [6.45, 7) is 0.461. The SMILES string of the molecule is COC(=O)c1cccc(NC(=O)N2CCc3[nH]cnc3C2c2cccc(OC)c2OC)c1. The number of H-pyrrole nitrogens is 1. The smallest absolute Gasteiger partial charge is 0.337 e. The van der Waals surface area contributed by atoms with Gasteiger partial charge in [0.25, 0.3) is 0 Å². The van der Waals surface area contributed by atoms with Gasteiger partial charge in [-0.2, -0.15) is 0 Å². The van der Waals surface area contributed by atoms with Gasteiger partial charge in [0.2, 0.25) is 0 Å². The number of rotatable bonds is 5. The summed E-state index contributed by atoms with van der Waals surface area (Å²) in [5.41, 5.74) is 3.32. The average molecular weight is 436 g/mol. The van der Waals surface area contributed by atoms with E-state index in [1.807, 2.05) is 12.1 Å². The molecular weight excluding hydrogens is 412 g/mol. The van der Waals surface area contributed by atoms with E-state index in [2.05, 4.69) is 15.3 Å². The van der Waals surface area contributed by atoms with E-state index in [0.717, 1.165) is 17.0 Å². The molecule has 9 heteroatoms. The molecule has 166 valence electrons. The van der Waals surface area contributed by atoms with E-state index in [4.69, 9.17) is 14.2 Å². The number of ether oxygens (including phenoxy) is 3. The number of nitrogens with zero attached hydrogens (tertiary/aromatic N) is 2. The van der Waals surface area contributed by atoms with Crippen molar-refractivity contribution >= 4 is 17.7 Å². The number of carbonyl (C=O) groups is 2. The Morgan fingerprint density at radius 3 is 2.69 bits per heavy atom. The molecule has 1 aliphatic heterocycles. The van der Waals surface area contributed by atoms with Gasteiger partial charge in [-0.25, -0.2) is 14.6 Å². The number of hydrogen-bond acceptors (Lipinski definition) is 6. The van der Waals surface area contributed by atoms with Gasteiger partial charge in [-0.05, 0) is 24.3 Å². The highest BCUT2D eigenvalue weighted by molar-refractivity contribution is 5.94. The van der Waals surface area contributed by atoms with Crippen molar-refractivity contribution in [1.29, 1.82) is 0 Å². The Hall–Kier alpha value is -4.01. The maximum atomic E-state index is 13.4. The van der Waals surface area contributed by atoms with Crippen LogP contribution in [0.25, 0.3) is 0 Å². The lowest BCUT2D eigenvalue weighted by molar-refractivity contribution is 0.0600. The molecule has 0 radical (unpaired) electrons. The first-order chi connectivity index (χ1) is 15.6. The zero-order valence-corrected chi connectivity index (χ0v) is 18.0. The lowest BCUT2D eigenvalue weighted by Gasteiger charge is -2.36. The summed E-state index contributed by atoms with van der Waals surface area (Å²) >= 11 is 0. The number of methoxy groups -OCH3 is 3. The molecule has 1 aromatic heterocycles. The molecule has 1 atom stereocenters. The third-order valence-electron chi connectivity index (χ3n) is 5.45. The quantitative estimate of drug-likeness (QED) is 0.594. The fourth-order valence-electron chi connectivity index (χ4n) is 3.97. The van der Waals surface area contributed by atoms with E-state index in [-0.39, 0.29) is 6.03 Å². The zero-order valence-electron chi connectivity index (χ0n) is 18.0. The molecule has 2 amide bonds. The van der Waals surface area contributed by atoms with Crippen LogP contribution in [0.4, 0.5) is 10.5 Å². The second kappa shape index (κ2) is 9.01. The van der Waals surface area contributed by atoms with Gasteiger partial charge in [0.05, 0.1) is 38.9 Å². The van der Waals surface area contributed by atoms with E-state index in [0.29, 0.717) is 35.7 Å². The van der Waals surface area contributed by atoms with E-state index in [1.165, 1.54) is 7.11 Å². The lowest BCUT2D eigenvalue weighted by atomic mass is 9.95. The van der Waals surface area contributed by atoms with Crippen LogP contribution < -0.4 is 14.8 Å². The van der Waals surface area contributed by atoms with Crippen molar-refractivity contribution in [3.8, 4) is 11.5 Å². The highest BCUT2D eigenvalue weighted by Crippen LogP contribution is 2.42. The summed E-state index contributed by atoms with van der Waals surface area (Å²) in [5.74, 6) is 0.638. The topological polar surface area (TPSA) is 106 Å². The average Bonchev–Trinajstić information content (AvgIpc) is 3.31. The fraction of sp³-hybridized carbons (Fsp3) is 0.261. The van der Waals surface area contributed by atoms with Crippen LogP contribution in [0.3, 0.4) is 0 Å². The lowest BCUT2D eigenvalue weighted by Crippen LogP contribution is -2.43. The van der Waals surface area contributed by atoms with Gasteiger partial charge in [0.1, 0.15) is 6.04 Å². The van der Waals surface area contributed by atoms with Crippen molar-refractivity contribution in [2.45, 2.75) is 12.5 Å². The van der Waals surface area contributed by atoms with Crippen LogP contribution in [-0.2, 0) is 11.2 Å². The minimum atomic E-state index is -0.487. The molecule has 0 bridgehead atoms. The zero-order chi connectivity index (χ0) is 22.7. The molecule has 1 unspecified atom stereocenters. The normalized spacial score (nSPS) is 15.0. The van der Waals surface area contributed by atoms with E-state index in [9.17, 15) is 9.59 Å². The number of imidazole rings is 1. The molecule has 32 heavy (non-hydrogen) atoms. The Labute approximate surface area is 185 Å². The maximum Gasteiger partial charge on any atom is 0.337 e. The number of carbonyl (C=O) groups excluding carboxylic acids is 2. The molecule has 0 aliphatic carbocycles. The Morgan fingerprint density at radius 2 is 1.94 bits per heavy atom. The number of nitrogens with one attached hydrogen (secondary N) is 2. The summed E-state index contributed by atoms with van der Waals surface area (Å²) in [6.07, 6.45) is 2.26. The van der Waals surface area contributed by atoms with E-state index in [1.54, 1.807) is 55.8 Å². The van der Waals surface area contributed by atoms with Crippen LogP contribution in [0.2, 0.25) is 0 Å². The Morgan fingerprint density at radius 1 is 1.12 bits per heavy atom. The number of anilines is 1. The summed E-state index contributed by atoms with van der Waals surface area (Å²) in [7, 11) is 4.45. The van der Waals surface area contributed by atoms with Gasteiger partial charge in [0, 0.05) is 29.9 Å². The molecule has 0 fully saturated rings. The molecule has 0 spiro atoms. The monoisotopic (exact) mass is 436 g/mol.